The van der Waals surface area contributed by atoms with E-state index in [9.17, 15) is 9.59 Å². The molecule has 1 fully saturated rings. The smallest absolute Gasteiger partial charge is 0.305 e. The Balaban J connectivity index is 1.72. The van der Waals surface area contributed by atoms with Gasteiger partial charge in [0, 0.05) is 29.3 Å². The van der Waals surface area contributed by atoms with E-state index in [2.05, 4.69) is 10.3 Å². The van der Waals surface area contributed by atoms with Gasteiger partial charge in [0.1, 0.15) is 6.10 Å². The zero-order chi connectivity index (χ0) is 19.2. The molecule has 1 aromatic heterocycles. The molecule has 8 heteroatoms. The minimum Gasteiger partial charge on any atom is -0.481 e. The number of rotatable bonds is 7. The van der Waals surface area contributed by atoms with E-state index < -0.39 is 17.9 Å². The average Bonchev–Trinajstić information content (AvgIpc) is 3.14. The molecular formula is C19H19ClN2O5. The van der Waals surface area contributed by atoms with Crippen molar-refractivity contribution in [2.24, 2.45) is 0 Å². The van der Waals surface area contributed by atoms with Crippen LogP contribution in [-0.4, -0.2) is 41.3 Å². The van der Waals surface area contributed by atoms with Gasteiger partial charge in [-0.3, -0.25) is 9.59 Å². The number of hydrogen-bond acceptors (Lipinski definition) is 5. The summed E-state index contributed by atoms with van der Waals surface area (Å²) in [6, 6.07) is 9.09. The number of aliphatic carboxylic acids is 1. The molecule has 3 rings (SSSR count). The van der Waals surface area contributed by atoms with E-state index >= 15 is 0 Å². The van der Waals surface area contributed by atoms with Crippen LogP contribution in [0.15, 0.2) is 42.6 Å². The van der Waals surface area contributed by atoms with Gasteiger partial charge < -0.3 is 19.9 Å². The standard InChI is InChI=1S/C19H19ClN2O5/c20-14-3-1-12(2-4-14)16(10-18(23)24)22-19(25)13-5-7-21-17(9-13)27-15-6-8-26-11-15/h1-5,7,9,15-16H,6,8,10-11H2,(H,22,25)(H,23,24)/t15?,16-/m0/s1. The van der Waals surface area contributed by atoms with Gasteiger partial charge in [-0.05, 0) is 23.8 Å². The number of amides is 1. The monoisotopic (exact) mass is 390 g/mol. The number of carboxylic acids is 1. The Kier molecular flexibility index (Phi) is 6.26. The maximum Gasteiger partial charge on any atom is 0.305 e. The van der Waals surface area contributed by atoms with Crippen molar-refractivity contribution in [1.29, 1.82) is 0 Å². The van der Waals surface area contributed by atoms with Crippen molar-refractivity contribution in [3.63, 3.8) is 0 Å². The number of carbonyl (C=O) groups is 2. The van der Waals surface area contributed by atoms with Crippen LogP contribution < -0.4 is 10.1 Å². The molecule has 0 aliphatic carbocycles. The number of benzene rings is 1. The van der Waals surface area contributed by atoms with Crippen LogP contribution in [0.1, 0.15) is 34.8 Å². The third kappa shape index (κ3) is 5.42. The SMILES string of the molecule is O=C(O)C[C@H](NC(=O)c1ccnc(OC2CCOC2)c1)c1ccc(Cl)cc1. The van der Waals surface area contributed by atoms with Crippen LogP contribution in [0.5, 0.6) is 5.88 Å². The molecule has 1 saturated heterocycles. The number of carbonyl (C=O) groups excluding carboxylic acids is 1. The van der Waals surface area contributed by atoms with Crippen molar-refractivity contribution < 1.29 is 24.2 Å². The van der Waals surface area contributed by atoms with Gasteiger partial charge in [-0.2, -0.15) is 0 Å². The molecule has 1 aromatic carbocycles. The van der Waals surface area contributed by atoms with Gasteiger partial charge >= 0.3 is 5.97 Å². The minimum absolute atomic E-state index is 0.0790. The van der Waals surface area contributed by atoms with Gasteiger partial charge in [0.2, 0.25) is 5.88 Å². The first-order chi connectivity index (χ1) is 13.0. The summed E-state index contributed by atoms with van der Waals surface area (Å²) in [5, 5.41) is 12.5. The number of nitrogens with one attached hydrogen (secondary N) is 1. The summed E-state index contributed by atoms with van der Waals surface area (Å²) >= 11 is 5.88. The summed E-state index contributed by atoms with van der Waals surface area (Å²) < 4.78 is 11.0. The molecule has 7 nitrogen and oxygen atoms in total. The summed E-state index contributed by atoms with van der Waals surface area (Å²) in [6.45, 7) is 1.14. The summed E-state index contributed by atoms with van der Waals surface area (Å²) in [5.41, 5.74) is 0.993. The lowest BCUT2D eigenvalue weighted by molar-refractivity contribution is -0.137. The third-order valence-electron chi connectivity index (χ3n) is 4.13. The van der Waals surface area contributed by atoms with Crippen molar-refractivity contribution in [2.75, 3.05) is 13.2 Å². The lowest BCUT2D eigenvalue weighted by Crippen LogP contribution is -2.30. The largest absolute Gasteiger partial charge is 0.481 e. The van der Waals surface area contributed by atoms with E-state index in [1.54, 1.807) is 30.3 Å². The van der Waals surface area contributed by atoms with E-state index in [0.29, 0.717) is 35.2 Å². The van der Waals surface area contributed by atoms with Crippen molar-refractivity contribution in [1.82, 2.24) is 10.3 Å². The number of aromatic nitrogens is 1. The molecule has 142 valence electrons. The Hall–Kier alpha value is -2.64. The van der Waals surface area contributed by atoms with Gasteiger partial charge in [0.25, 0.3) is 5.91 Å². The molecular weight excluding hydrogens is 372 g/mol. The van der Waals surface area contributed by atoms with Crippen molar-refractivity contribution in [3.05, 3.63) is 58.7 Å². The van der Waals surface area contributed by atoms with Crippen LogP contribution in [0.2, 0.25) is 5.02 Å². The Morgan fingerprint density at radius 1 is 1.33 bits per heavy atom. The van der Waals surface area contributed by atoms with Crippen molar-refractivity contribution in [2.45, 2.75) is 25.0 Å². The predicted octanol–water partition coefficient (Wildman–Crippen LogP) is 2.85. The summed E-state index contributed by atoms with van der Waals surface area (Å²) in [6.07, 6.45) is 1.93. The second-order valence-electron chi connectivity index (χ2n) is 6.16. The highest BCUT2D eigenvalue weighted by molar-refractivity contribution is 6.30. The fourth-order valence-electron chi connectivity index (χ4n) is 2.76. The van der Waals surface area contributed by atoms with Crippen LogP contribution >= 0.6 is 11.6 Å². The molecule has 1 aliphatic heterocycles. The lowest BCUT2D eigenvalue weighted by atomic mass is 10.0. The van der Waals surface area contributed by atoms with E-state index in [-0.39, 0.29) is 12.5 Å². The molecule has 2 N–H and O–H groups in total. The number of halogens is 1. The van der Waals surface area contributed by atoms with Crippen LogP contribution in [0, 0.1) is 0 Å². The maximum absolute atomic E-state index is 12.6. The molecule has 2 heterocycles. The van der Waals surface area contributed by atoms with Crippen molar-refractivity contribution in [3.8, 4) is 5.88 Å². The first-order valence-electron chi connectivity index (χ1n) is 8.50. The summed E-state index contributed by atoms with van der Waals surface area (Å²) in [5.74, 6) is -1.10. The van der Waals surface area contributed by atoms with Gasteiger partial charge in [-0.15, -0.1) is 0 Å². The highest BCUT2D eigenvalue weighted by Crippen LogP contribution is 2.21. The summed E-state index contributed by atoms with van der Waals surface area (Å²) in [7, 11) is 0. The number of carboxylic acid groups (broad SMARTS) is 1. The predicted molar refractivity (Wildman–Crippen MR) is 98.0 cm³/mol. The number of hydrogen-bond donors (Lipinski definition) is 2. The first-order valence-corrected chi connectivity index (χ1v) is 8.87. The molecule has 2 atom stereocenters. The number of pyridine rings is 1. The molecule has 0 bridgehead atoms. The van der Waals surface area contributed by atoms with Crippen LogP contribution in [0.25, 0.3) is 0 Å². The minimum atomic E-state index is -1.02. The second kappa shape index (κ2) is 8.83. The average molecular weight is 391 g/mol. The van der Waals surface area contributed by atoms with Gasteiger partial charge in [0.15, 0.2) is 0 Å². The summed E-state index contributed by atoms with van der Waals surface area (Å²) in [4.78, 5) is 27.9. The van der Waals surface area contributed by atoms with Crippen LogP contribution in [0.4, 0.5) is 0 Å². The number of ether oxygens (including phenoxy) is 2. The fourth-order valence-corrected chi connectivity index (χ4v) is 2.88. The highest BCUT2D eigenvalue weighted by atomic mass is 35.5. The quantitative estimate of drug-likeness (QED) is 0.754. The van der Waals surface area contributed by atoms with E-state index in [1.807, 2.05) is 0 Å². The Bertz CT molecular complexity index is 806. The molecule has 0 radical (unpaired) electrons. The first kappa shape index (κ1) is 19.1. The van der Waals surface area contributed by atoms with E-state index in [1.165, 1.54) is 12.3 Å². The zero-order valence-corrected chi connectivity index (χ0v) is 15.2. The highest BCUT2D eigenvalue weighted by Gasteiger charge is 2.21. The normalized spacial score (nSPS) is 17.3. The van der Waals surface area contributed by atoms with Crippen LogP contribution in [0.3, 0.4) is 0 Å². The van der Waals surface area contributed by atoms with Gasteiger partial charge in [0.05, 0.1) is 25.7 Å². The van der Waals surface area contributed by atoms with E-state index in [4.69, 9.17) is 26.2 Å². The molecule has 0 saturated carbocycles. The van der Waals surface area contributed by atoms with Crippen LogP contribution in [-0.2, 0) is 9.53 Å². The Morgan fingerprint density at radius 3 is 2.78 bits per heavy atom. The Morgan fingerprint density at radius 2 is 2.11 bits per heavy atom. The molecule has 2 aromatic rings. The third-order valence-corrected chi connectivity index (χ3v) is 4.38. The Labute approximate surface area is 161 Å². The molecule has 1 unspecified atom stereocenters. The van der Waals surface area contributed by atoms with Crippen molar-refractivity contribution >= 4 is 23.5 Å². The van der Waals surface area contributed by atoms with Gasteiger partial charge in [-0.1, -0.05) is 23.7 Å². The maximum atomic E-state index is 12.6. The molecule has 1 amide bonds. The molecule has 1 aliphatic rings. The second-order valence-corrected chi connectivity index (χ2v) is 6.60. The lowest BCUT2D eigenvalue weighted by Gasteiger charge is -2.18. The fraction of sp³-hybridized carbons (Fsp3) is 0.316. The molecule has 0 spiro atoms. The number of nitrogens with zero attached hydrogens (tertiary/aromatic N) is 1. The zero-order valence-electron chi connectivity index (χ0n) is 14.4. The van der Waals surface area contributed by atoms with Gasteiger partial charge in [-0.25, -0.2) is 4.98 Å². The molecule has 27 heavy (non-hydrogen) atoms. The van der Waals surface area contributed by atoms with E-state index in [0.717, 1.165) is 6.42 Å². The topological polar surface area (TPSA) is 97.8 Å².